The Bertz CT molecular complexity index is 455. The number of fused-ring (bicyclic) bond motifs is 2. The van der Waals surface area contributed by atoms with E-state index in [1.165, 1.54) is 14.3 Å². The van der Waals surface area contributed by atoms with E-state index in [1.54, 1.807) is 22.7 Å². The van der Waals surface area contributed by atoms with Gasteiger partial charge in [0.05, 0.1) is 11.1 Å². The summed E-state index contributed by atoms with van der Waals surface area (Å²) in [5.41, 5.74) is 1.01. The van der Waals surface area contributed by atoms with Crippen molar-refractivity contribution in [3.05, 3.63) is 23.7 Å². The summed E-state index contributed by atoms with van der Waals surface area (Å²) >= 11 is 3.50. The van der Waals surface area contributed by atoms with Crippen molar-refractivity contribution in [3.8, 4) is 10.6 Å². The molecule has 2 nitrogen and oxygen atoms in total. The molecule has 12 heavy (non-hydrogen) atoms. The summed E-state index contributed by atoms with van der Waals surface area (Å²) in [5.74, 6) is 0. The van der Waals surface area contributed by atoms with Crippen LogP contribution in [-0.2, 0) is 0 Å². The first-order valence-electron chi connectivity index (χ1n) is 3.52. The van der Waals surface area contributed by atoms with Gasteiger partial charge in [0.25, 0.3) is 0 Å². The summed E-state index contributed by atoms with van der Waals surface area (Å²) in [6.45, 7) is 0. The van der Waals surface area contributed by atoms with Crippen LogP contribution in [0.1, 0.15) is 0 Å². The van der Waals surface area contributed by atoms with Crippen LogP contribution in [0.25, 0.3) is 20.0 Å². The maximum atomic E-state index is 4.02. The molecule has 0 atom stereocenters. The molecule has 0 saturated carbocycles. The molecule has 0 aromatic carbocycles. The van der Waals surface area contributed by atoms with Crippen LogP contribution in [0.5, 0.6) is 0 Å². The highest BCUT2D eigenvalue weighted by Crippen LogP contribution is 2.33. The predicted octanol–water partition coefficient (Wildman–Crippen LogP) is 2.86. The predicted molar refractivity (Wildman–Crippen MR) is 51.9 cm³/mol. The lowest BCUT2D eigenvalue weighted by molar-refractivity contribution is 1.10. The Balaban J connectivity index is 2.56. The molecular formula is C8H4N2S2. The van der Waals surface area contributed by atoms with E-state index in [0.29, 0.717) is 0 Å². The van der Waals surface area contributed by atoms with E-state index < -0.39 is 0 Å². The van der Waals surface area contributed by atoms with Crippen molar-refractivity contribution < 1.29 is 0 Å². The Labute approximate surface area is 76.8 Å². The van der Waals surface area contributed by atoms with Crippen molar-refractivity contribution in [1.82, 2.24) is 10.2 Å². The topological polar surface area (TPSA) is 25.8 Å². The Kier molecular flexibility index (Phi) is 1.22. The second-order valence-corrected chi connectivity index (χ2v) is 4.52. The van der Waals surface area contributed by atoms with E-state index in [9.17, 15) is 0 Å². The monoisotopic (exact) mass is 192 g/mol. The molecule has 0 radical (unpaired) electrons. The minimum absolute atomic E-state index is 1.01. The second kappa shape index (κ2) is 2.24. The van der Waals surface area contributed by atoms with Crippen molar-refractivity contribution in [1.29, 1.82) is 0 Å². The van der Waals surface area contributed by atoms with Crippen molar-refractivity contribution in [2.24, 2.45) is 0 Å². The molecule has 4 heteroatoms. The molecule has 3 heterocycles. The molecule has 0 unspecified atom stereocenters. The molecule has 0 N–H and O–H groups in total. The van der Waals surface area contributed by atoms with Gasteiger partial charge in [-0.05, 0) is 17.5 Å². The van der Waals surface area contributed by atoms with E-state index in [0.717, 1.165) is 5.69 Å². The first-order valence-corrected chi connectivity index (χ1v) is 5.21. The zero-order valence-corrected chi connectivity index (χ0v) is 7.65. The van der Waals surface area contributed by atoms with Gasteiger partial charge in [-0.3, -0.25) is 0 Å². The van der Waals surface area contributed by atoms with E-state index in [2.05, 4.69) is 27.7 Å². The standard InChI is InChI=1S/C8H4N2S2/c1-2-11-7-3-5-8(4-9-10-5)12-6(1)7/h1-4H. The molecule has 1 aromatic rings. The first-order chi connectivity index (χ1) is 5.93. The Hall–Kier alpha value is -1.00. The van der Waals surface area contributed by atoms with Gasteiger partial charge in [-0.1, -0.05) is 0 Å². The highest BCUT2D eigenvalue weighted by molar-refractivity contribution is 7.27. The van der Waals surface area contributed by atoms with Crippen LogP contribution in [0.4, 0.5) is 0 Å². The number of rotatable bonds is 0. The molecule has 0 fully saturated rings. The number of hydrogen-bond acceptors (Lipinski definition) is 4. The van der Waals surface area contributed by atoms with E-state index in [4.69, 9.17) is 0 Å². The Morgan fingerprint density at radius 3 is 3.25 bits per heavy atom. The van der Waals surface area contributed by atoms with Crippen LogP contribution in [0.2, 0.25) is 0 Å². The molecule has 0 amide bonds. The van der Waals surface area contributed by atoms with Crippen LogP contribution < -0.4 is 0 Å². The highest BCUT2D eigenvalue weighted by atomic mass is 32.1. The average molecular weight is 192 g/mol. The zero-order valence-electron chi connectivity index (χ0n) is 6.02. The molecule has 0 aliphatic carbocycles. The minimum Gasteiger partial charge on any atom is -0.157 e. The lowest BCUT2D eigenvalue weighted by atomic mass is 10.3. The van der Waals surface area contributed by atoms with E-state index >= 15 is 0 Å². The Morgan fingerprint density at radius 1 is 1.25 bits per heavy atom. The average Bonchev–Trinajstić information content (AvgIpc) is 2.64. The zero-order chi connectivity index (χ0) is 7.97. The van der Waals surface area contributed by atoms with Gasteiger partial charge in [0.15, 0.2) is 0 Å². The van der Waals surface area contributed by atoms with Gasteiger partial charge in [-0.15, -0.1) is 27.8 Å². The number of hydrogen-bond donors (Lipinski definition) is 0. The fraction of sp³-hybridized carbons (Fsp3) is 0. The highest BCUT2D eigenvalue weighted by Gasteiger charge is 2.07. The van der Waals surface area contributed by atoms with Gasteiger partial charge in [-0.2, -0.15) is 5.10 Å². The smallest absolute Gasteiger partial charge is 0.106 e. The molecule has 2 aliphatic rings. The SMILES string of the molecule is c1cc2sc3cnnc-3cc2s1. The normalized spacial score (nSPS) is 11.3. The lowest BCUT2D eigenvalue weighted by Crippen LogP contribution is -1.71. The second-order valence-electron chi connectivity index (χ2n) is 2.49. The molecule has 0 saturated heterocycles. The van der Waals surface area contributed by atoms with Crippen molar-refractivity contribution in [2.75, 3.05) is 0 Å². The van der Waals surface area contributed by atoms with Crippen molar-refractivity contribution in [3.63, 3.8) is 0 Å². The number of aromatic nitrogens is 2. The quantitative estimate of drug-likeness (QED) is 0.547. The van der Waals surface area contributed by atoms with Gasteiger partial charge in [0.2, 0.25) is 0 Å². The van der Waals surface area contributed by atoms with Gasteiger partial charge < -0.3 is 0 Å². The summed E-state index contributed by atoms with van der Waals surface area (Å²) in [6, 6.07) is 4.23. The third-order valence-corrected chi connectivity index (χ3v) is 3.84. The number of nitrogens with zero attached hydrogens (tertiary/aromatic N) is 2. The fourth-order valence-electron chi connectivity index (χ4n) is 1.18. The van der Waals surface area contributed by atoms with Crippen LogP contribution in [0.3, 0.4) is 0 Å². The minimum atomic E-state index is 1.01. The Morgan fingerprint density at radius 2 is 2.25 bits per heavy atom. The molecule has 3 rings (SSSR count). The maximum Gasteiger partial charge on any atom is 0.106 e. The van der Waals surface area contributed by atoms with E-state index in [-0.39, 0.29) is 0 Å². The van der Waals surface area contributed by atoms with Crippen molar-refractivity contribution >= 4 is 32.1 Å². The number of thiophene rings is 1. The summed E-state index contributed by atoms with van der Waals surface area (Å²) in [7, 11) is 0. The van der Waals surface area contributed by atoms with Gasteiger partial charge >= 0.3 is 0 Å². The maximum absolute atomic E-state index is 4.02. The molecule has 2 aliphatic heterocycles. The fourth-order valence-corrected chi connectivity index (χ4v) is 3.09. The van der Waals surface area contributed by atoms with Crippen molar-refractivity contribution in [2.45, 2.75) is 0 Å². The summed E-state index contributed by atoms with van der Waals surface area (Å²) in [6.07, 6.45) is 1.82. The summed E-state index contributed by atoms with van der Waals surface area (Å²) in [4.78, 5) is 1.17. The third-order valence-electron chi connectivity index (χ3n) is 1.74. The van der Waals surface area contributed by atoms with Gasteiger partial charge in [0, 0.05) is 9.40 Å². The summed E-state index contributed by atoms with van der Waals surface area (Å²) < 4.78 is 2.62. The summed E-state index contributed by atoms with van der Waals surface area (Å²) in [5, 5.41) is 9.99. The molecule has 1 aromatic heterocycles. The van der Waals surface area contributed by atoms with Crippen LogP contribution >= 0.6 is 22.7 Å². The van der Waals surface area contributed by atoms with Gasteiger partial charge in [-0.25, -0.2) is 0 Å². The largest absolute Gasteiger partial charge is 0.157 e. The molecule has 0 spiro atoms. The third kappa shape index (κ3) is 0.790. The van der Waals surface area contributed by atoms with Crippen LogP contribution in [0.15, 0.2) is 23.7 Å². The molecule has 58 valence electrons. The van der Waals surface area contributed by atoms with Crippen LogP contribution in [0, 0.1) is 0 Å². The van der Waals surface area contributed by atoms with E-state index in [1.807, 2.05) is 6.20 Å². The molecular weight excluding hydrogens is 188 g/mol. The molecule has 0 bridgehead atoms. The first kappa shape index (κ1) is 6.51. The van der Waals surface area contributed by atoms with Gasteiger partial charge in [0.1, 0.15) is 5.69 Å². The van der Waals surface area contributed by atoms with Crippen LogP contribution in [-0.4, -0.2) is 10.2 Å². The lowest BCUT2D eigenvalue weighted by Gasteiger charge is -1.92.